The van der Waals surface area contributed by atoms with E-state index in [1.807, 2.05) is 19.1 Å². The molecule has 2 unspecified atom stereocenters. The normalized spacial score (nSPS) is 19.7. The van der Waals surface area contributed by atoms with Crippen LogP contribution in [0, 0.1) is 5.92 Å². The number of halogens is 1. The molecule has 3 N–H and O–H groups in total. The highest BCUT2D eigenvalue weighted by molar-refractivity contribution is 5.94. The van der Waals surface area contributed by atoms with E-state index in [0.29, 0.717) is 0 Å². The highest BCUT2D eigenvalue weighted by Gasteiger charge is 2.16. The summed E-state index contributed by atoms with van der Waals surface area (Å²) in [6.07, 6.45) is 4.28. The number of nitrogens with zero attached hydrogens (tertiary/aromatic N) is 1. The maximum absolute atomic E-state index is 11.9. The van der Waals surface area contributed by atoms with E-state index >= 15 is 0 Å². The van der Waals surface area contributed by atoms with Crippen LogP contribution in [0.4, 0.5) is 5.69 Å². The number of nitrogens with two attached hydrogens (primary N) is 1. The van der Waals surface area contributed by atoms with Gasteiger partial charge in [0.2, 0.25) is 5.91 Å². The van der Waals surface area contributed by atoms with Crippen LogP contribution in [-0.4, -0.2) is 29.9 Å². The van der Waals surface area contributed by atoms with Crippen molar-refractivity contribution in [1.82, 2.24) is 4.90 Å². The molecular weight excluding hydrogens is 310 g/mol. The fraction of sp³-hybridized carbons (Fsp3) is 0.611. The Labute approximate surface area is 146 Å². The number of likely N-dealkylation sites (tertiary alicyclic amines) is 1. The van der Waals surface area contributed by atoms with Gasteiger partial charge in [-0.05, 0) is 49.4 Å². The fourth-order valence-electron chi connectivity index (χ4n) is 3.06. The predicted octanol–water partition coefficient (Wildman–Crippen LogP) is 3.41. The lowest BCUT2D eigenvalue weighted by Crippen LogP contribution is -2.35. The van der Waals surface area contributed by atoms with Gasteiger partial charge in [0.05, 0.1) is 6.04 Å². The van der Waals surface area contributed by atoms with Crippen molar-refractivity contribution >= 4 is 24.0 Å². The maximum atomic E-state index is 11.9. The van der Waals surface area contributed by atoms with E-state index in [-0.39, 0.29) is 18.3 Å². The molecule has 1 aliphatic rings. The van der Waals surface area contributed by atoms with Crippen LogP contribution in [0.5, 0.6) is 0 Å². The fourth-order valence-corrected chi connectivity index (χ4v) is 3.06. The number of benzene rings is 1. The van der Waals surface area contributed by atoms with E-state index in [9.17, 15) is 4.79 Å². The number of hydrogen-bond donors (Lipinski definition) is 2. The first-order valence-corrected chi connectivity index (χ1v) is 8.46. The van der Waals surface area contributed by atoms with Crippen molar-refractivity contribution in [2.45, 2.75) is 52.1 Å². The second-order valence-corrected chi connectivity index (χ2v) is 6.56. The molecule has 2 rings (SSSR count). The molecule has 1 heterocycles. The lowest BCUT2D eigenvalue weighted by atomic mass is 10.00. The predicted molar refractivity (Wildman–Crippen MR) is 98.9 cm³/mol. The van der Waals surface area contributed by atoms with Crippen molar-refractivity contribution < 1.29 is 4.79 Å². The molecule has 1 saturated heterocycles. The summed E-state index contributed by atoms with van der Waals surface area (Å²) in [6.45, 7) is 7.72. The minimum absolute atomic E-state index is 0. The molecule has 1 aliphatic heterocycles. The number of hydrogen-bond acceptors (Lipinski definition) is 3. The van der Waals surface area contributed by atoms with Crippen molar-refractivity contribution in [3.8, 4) is 0 Å². The van der Waals surface area contributed by atoms with Gasteiger partial charge in [-0.2, -0.15) is 0 Å². The molecule has 0 bridgehead atoms. The molecule has 0 spiro atoms. The standard InChI is InChI=1S/C18H29N3O.ClH/c1-3-5-17(19)18(22)20-16-9-7-15(8-10-16)13-21-11-4-6-14(2)12-21;/h7-10,14,17H,3-6,11-13,19H2,1-2H3,(H,20,22);1H. The third kappa shape index (κ3) is 6.50. The molecule has 0 saturated carbocycles. The van der Waals surface area contributed by atoms with E-state index in [1.165, 1.54) is 31.5 Å². The van der Waals surface area contributed by atoms with E-state index < -0.39 is 6.04 Å². The molecule has 1 aromatic carbocycles. The second-order valence-electron chi connectivity index (χ2n) is 6.56. The van der Waals surface area contributed by atoms with Crippen molar-refractivity contribution in [3.63, 3.8) is 0 Å². The van der Waals surface area contributed by atoms with Gasteiger partial charge in [0.25, 0.3) is 0 Å². The smallest absolute Gasteiger partial charge is 0.241 e. The average Bonchev–Trinajstić information content (AvgIpc) is 2.49. The number of piperidine rings is 1. The number of anilines is 1. The first-order chi connectivity index (χ1) is 10.6. The van der Waals surface area contributed by atoms with Gasteiger partial charge in [0.1, 0.15) is 0 Å². The summed E-state index contributed by atoms with van der Waals surface area (Å²) in [5, 5.41) is 2.89. The van der Waals surface area contributed by atoms with Gasteiger partial charge < -0.3 is 11.1 Å². The largest absolute Gasteiger partial charge is 0.325 e. The van der Waals surface area contributed by atoms with Crippen LogP contribution in [-0.2, 0) is 11.3 Å². The van der Waals surface area contributed by atoms with Gasteiger partial charge in [-0.25, -0.2) is 0 Å². The Morgan fingerprint density at radius 1 is 1.39 bits per heavy atom. The Kier molecular flexibility index (Phi) is 8.59. The summed E-state index contributed by atoms with van der Waals surface area (Å²) in [5.74, 6) is 0.701. The van der Waals surface area contributed by atoms with Crippen molar-refractivity contribution in [3.05, 3.63) is 29.8 Å². The maximum Gasteiger partial charge on any atom is 0.241 e. The van der Waals surface area contributed by atoms with Gasteiger partial charge in [0.15, 0.2) is 0 Å². The van der Waals surface area contributed by atoms with Crippen molar-refractivity contribution in [2.75, 3.05) is 18.4 Å². The number of carbonyl (C=O) groups excluding carboxylic acids is 1. The summed E-state index contributed by atoms with van der Waals surface area (Å²) >= 11 is 0. The van der Waals surface area contributed by atoms with Crippen molar-refractivity contribution in [2.24, 2.45) is 11.7 Å². The summed E-state index contributed by atoms with van der Waals surface area (Å²) in [4.78, 5) is 14.4. The summed E-state index contributed by atoms with van der Waals surface area (Å²) < 4.78 is 0. The van der Waals surface area contributed by atoms with E-state index in [4.69, 9.17) is 5.73 Å². The molecule has 4 nitrogen and oxygen atoms in total. The number of carbonyl (C=O) groups is 1. The zero-order valence-electron chi connectivity index (χ0n) is 14.3. The van der Waals surface area contributed by atoms with E-state index in [2.05, 4.69) is 29.3 Å². The molecule has 130 valence electrons. The average molecular weight is 340 g/mol. The van der Waals surface area contributed by atoms with Crippen LogP contribution in [0.25, 0.3) is 0 Å². The molecule has 1 fully saturated rings. The lowest BCUT2D eigenvalue weighted by molar-refractivity contribution is -0.117. The Morgan fingerprint density at radius 3 is 2.70 bits per heavy atom. The third-order valence-corrected chi connectivity index (χ3v) is 4.31. The third-order valence-electron chi connectivity index (χ3n) is 4.31. The van der Waals surface area contributed by atoms with Crippen LogP contribution >= 0.6 is 12.4 Å². The van der Waals surface area contributed by atoms with Gasteiger partial charge in [0, 0.05) is 18.8 Å². The van der Waals surface area contributed by atoms with Gasteiger partial charge >= 0.3 is 0 Å². The zero-order chi connectivity index (χ0) is 15.9. The number of nitrogens with one attached hydrogen (secondary N) is 1. The monoisotopic (exact) mass is 339 g/mol. The minimum Gasteiger partial charge on any atom is -0.325 e. The molecule has 0 aromatic heterocycles. The van der Waals surface area contributed by atoms with E-state index in [1.54, 1.807) is 0 Å². The molecule has 5 heteroatoms. The van der Waals surface area contributed by atoms with Gasteiger partial charge in [-0.1, -0.05) is 32.4 Å². The van der Waals surface area contributed by atoms with Gasteiger partial charge in [-0.3, -0.25) is 9.69 Å². The van der Waals surface area contributed by atoms with Crippen LogP contribution in [0.3, 0.4) is 0 Å². The van der Waals surface area contributed by atoms with E-state index in [0.717, 1.165) is 31.0 Å². The second kappa shape index (κ2) is 9.91. The van der Waals surface area contributed by atoms with Crippen molar-refractivity contribution in [1.29, 1.82) is 0 Å². The summed E-state index contributed by atoms with van der Waals surface area (Å²) in [7, 11) is 0. The minimum atomic E-state index is -0.417. The van der Waals surface area contributed by atoms with Gasteiger partial charge in [-0.15, -0.1) is 12.4 Å². The SMILES string of the molecule is CCCC(N)C(=O)Nc1ccc(CN2CCCC(C)C2)cc1.Cl. The molecular formula is C18H30ClN3O. The summed E-state index contributed by atoms with van der Waals surface area (Å²) in [5.41, 5.74) is 7.95. The first kappa shape index (κ1) is 19.9. The number of rotatable bonds is 6. The van der Waals surface area contributed by atoms with Crippen LogP contribution < -0.4 is 11.1 Å². The molecule has 1 aromatic rings. The zero-order valence-corrected chi connectivity index (χ0v) is 15.1. The first-order valence-electron chi connectivity index (χ1n) is 8.46. The quantitative estimate of drug-likeness (QED) is 0.835. The highest BCUT2D eigenvalue weighted by atomic mass is 35.5. The molecule has 23 heavy (non-hydrogen) atoms. The Bertz CT molecular complexity index is 478. The van der Waals surface area contributed by atoms with Crippen LogP contribution in [0.15, 0.2) is 24.3 Å². The lowest BCUT2D eigenvalue weighted by Gasteiger charge is -2.30. The Morgan fingerprint density at radius 2 is 2.09 bits per heavy atom. The molecule has 0 aliphatic carbocycles. The molecule has 0 radical (unpaired) electrons. The highest BCUT2D eigenvalue weighted by Crippen LogP contribution is 2.18. The molecule has 2 atom stereocenters. The van der Waals surface area contributed by atoms with Crippen LogP contribution in [0.1, 0.15) is 45.1 Å². The summed E-state index contributed by atoms with van der Waals surface area (Å²) in [6, 6.07) is 7.72. The Hall–Kier alpha value is -1.10. The Balaban J connectivity index is 0.00000264. The number of amides is 1. The molecule has 1 amide bonds. The topological polar surface area (TPSA) is 58.4 Å². The van der Waals surface area contributed by atoms with Crippen LogP contribution in [0.2, 0.25) is 0 Å².